The Morgan fingerprint density at radius 2 is 1.22 bits per heavy atom. The number of aliphatic imine (C=N–C) groups is 1. The van der Waals surface area contributed by atoms with Gasteiger partial charge >= 0.3 is 0 Å². The Hall–Kier alpha value is -6.24. The van der Waals surface area contributed by atoms with E-state index in [0.717, 1.165) is 54.8 Å². The molecule has 0 radical (unpaired) electrons. The molecule has 8 rings (SSSR count). The van der Waals surface area contributed by atoms with Gasteiger partial charge in [-0.3, -0.25) is 4.99 Å². The Labute approximate surface area is 294 Å². The maximum Gasteiger partial charge on any atom is 0.148 e. The summed E-state index contributed by atoms with van der Waals surface area (Å²) in [6.07, 6.45) is 1.72. The number of benzene rings is 7. The molecule has 242 valence electrons. The third-order valence-electron chi connectivity index (χ3n) is 8.86. The summed E-state index contributed by atoms with van der Waals surface area (Å²) in [7, 11) is 0. The summed E-state index contributed by atoms with van der Waals surface area (Å²) in [5.74, 6) is 0.925. The van der Waals surface area contributed by atoms with Gasteiger partial charge in [-0.25, -0.2) is 0 Å². The van der Waals surface area contributed by atoms with E-state index in [2.05, 4.69) is 52.3 Å². The van der Waals surface area contributed by atoms with Crippen molar-refractivity contribution in [2.75, 3.05) is 5.32 Å². The summed E-state index contributed by atoms with van der Waals surface area (Å²) < 4.78 is 2.11. The Balaban J connectivity index is 1.04. The fourth-order valence-corrected chi connectivity index (χ4v) is 7.40. The fraction of sp³-hybridized carbons (Fsp3) is 0.0227. The maximum absolute atomic E-state index is 11.6. The predicted molar refractivity (Wildman–Crippen MR) is 209 cm³/mol. The van der Waals surface area contributed by atoms with E-state index in [1.165, 1.54) is 0 Å². The zero-order valence-corrected chi connectivity index (χ0v) is 27.9. The van der Waals surface area contributed by atoms with Crippen LogP contribution in [0, 0.1) is 0 Å². The van der Waals surface area contributed by atoms with Crippen molar-refractivity contribution in [2.24, 2.45) is 4.99 Å². The summed E-state index contributed by atoms with van der Waals surface area (Å²) >= 11 is 1.60. The molecule has 0 aliphatic rings. The van der Waals surface area contributed by atoms with Crippen LogP contribution in [0.4, 0.5) is 17.1 Å². The summed E-state index contributed by atoms with van der Waals surface area (Å²) in [6.45, 7) is 0. The molecule has 5 nitrogen and oxygen atoms in total. The molecule has 0 aliphatic carbocycles. The first-order valence-electron chi connectivity index (χ1n) is 16.4. The van der Waals surface area contributed by atoms with Crippen molar-refractivity contribution in [3.8, 4) is 28.3 Å². The Kier molecular flexibility index (Phi) is 8.51. The summed E-state index contributed by atoms with van der Waals surface area (Å²) in [4.78, 5) is 5.81. The summed E-state index contributed by atoms with van der Waals surface area (Å²) in [6, 6.07) is 54.3. The number of para-hydroxylation sites is 6. The molecule has 0 fully saturated rings. The van der Waals surface area contributed by atoms with Crippen molar-refractivity contribution >= 4 is 56.8 Å². The lowest BCUT2D eigenvalue weighted by Gasteiger charge is -2.15. The van der Waals surface area contributed by atoms with Crippen LogP contribution in [-0.2, 0) is 5.75 Å². The van der Waals surface area contributed by atoms with Crippen molar-refractivity contribution in [3.63, 3.8) is 0 Å². The number of nitrogens with one attached hydrogen (secondary N) is 1. The van der Waals surface area contributed by atoms with Gasteiger partial charge in [0.15, 0.2) is 0 Å². The van der Waals surface area contributed by atoms with E-state index < -0.39 is 0 Å². The number of aromatic hydroxyl groups is 2. The lowest BCUT2D eigenvalue weighted by atomic mass is 10.0. The van der Waals surface area contributed by atoms with Gasteiger partial charge in [0.1, 0.15) is 11.5 Å². The second-order valence-corrected chi connectivity index (χ2v) is 13.0. The minimum Gasteiger partial charge on any atom is -0.505 e. The van der Waals surface area contributed by atoms with Crippen LogP contribution in [0.15, 0.2) is 174 Å². The van der Waals surface area contributed by atoms with Crippen LogP contribution in [0.25, 0.3) is 38.6 Å². The number of phenolic OH excluding ortho intramolecular Hbond substituents is 2. The van der Waals surface area contributed by atoms with E-state index in [0.29, 0.717) is 22.7 Å². The number of aromatic nitrogens is 1. The highest BCUT2D eigenvalue weighted by Crippen LogP contribution is 2.40. The number of thioether (sulfide) groups is 1. The molecule has 8 aromatic rings. The zero-order chi connectivity index (χ0) is 33.9. The van der Waals surface area contributed by atoms with Gasteiger partial charge in [-0.05, 0) is 54.1 Å². The maximum atomic E-state index is 11.6. The van der Waals surface area contributed by atoms with Crippen LogP contribution in [0.3, 0.4) is 0 Å². The minimum absolute atomic E-state index is 0.163. The molecule has 0 aliphatic heterocycles. The van der Waals surface area contributed by atoms with Crippen LogP contribution in [0.2, 0.25) is 0 Å². The molecule has 0 unspecified atom stereocenters. The molecule has 0 atom stereocenters. The van der Waals surface area contributed by atoms with Gasteiger partial charge in [0.25, 0.3) is 0 Å². The molecule has 0 bridgehead atoms. The van der Waals surface area contributed by atoms with E-state index in [9.17, 15) is 10.2 Å². The smallest absolute Gasteiger partial charge is 0.148 e. The lowest BCUT2D eigenvalue weighted by molar-refractivity contribution is 0.472. The van der Waals surface area contributed by atoms with E-state index >= 15 is 0 Å². The number of nitrogens with zero attached hydrogens (tertiary/aromatic N) is 2. The molecule has 0 saturated heterocycles. The molecule has 7 aromatic carbocycles. The highest BCUT2D eigenvalue weighted by atomic mass is 32.2. The van der Waals surface area contributed by atoms with Crippen LogP contribution < -0.4 is 5.32 Å². The third kappa shape index (κ3) is 5.97. The van der Waals surface area contributed by atoms with E-state index in [1.807, 2.05) is 121 Å². The molecule has 0 amide bonds. The molecular weight excluding hydrogens is 635 g/mol. The summed E-state index contributed by atoms with van der Waals surface area (Å²) in [5, 5.41) is 28.6. The van der Waals surface area contributed by atoms with E-state index in [4.69, 9.17) is 4.99 Å². The van der Waals surface area contributed by atoms with Crippen LogP contribution in [0.1, 0.15) is 11.1 Å². The normalized spacial score (nSPS) is 11.4. The highest BCUT2D eigenvalue weighted by Gasteiger charge is 2.16. The van der Waals surface area contributed by atoms with Gasteiger partial charge in [-0.2, -0.15) is 0 Å². The minimum atomic E-state index is 0.163. The summed E-state index contributed by atoms with van der Waals surface area (Å²) in [5.41, 5.74) is 8.71. The molecule has 3 N–H and O–H groups in total. The molecule has 0 saturated carbocycles. The average molecular weight is 668 g/mol. The van der Waals surface area contributed by atoms with Gasteiger partial charge in [0, 0.05) is 50.0 Å². The van der Waals surface area contributed by atoms with Gasteiger partial charge in [-0.15, -0.1) is 11.8 Å². The monoisotopic (exact) mass is 667 g/mol. The first-order chi connectivity index (χ1) is 24.7. The molecule has 1 aromatic heterocycles. The molecule has 0 spiro atoms. The second-order valence-electron chi connectivity index (χ2n) is 11.9. The molecular formula is C44H33N3O2S. The standard InChI is InChI=1S/C44H33N3O2S/c48-43-32(17-12-23-38(43)46-36-21-7-4-18-33(36)30-14-2-1-3-15-30)29-50-42-27-11-8-22-37(42)45-28-31-16-13-26-41(44(31)49)47-39-24-9-5-19-34(39)35-20-6-10-25-40(35)47/h1-28,46,48-49H,29H2. The number of hydrogen-bond acceptors (Lipinski definition) is 5. The van der Waals surface area contributed by atoms with Crippen LogP contribution >= 0.6 is 11.8 Å². The first kappa shape index (κ1) is 31.1. The number of anilines is 2. The molecule has 6 heteroatoms. The SMILES string of the molecule is Oc1c(CSc2ccccc2N=Cc2cccc(-n3c4ccccc4c4ccccc43)c2O)cccc1Nc1ccccc1-c1ccccc1. The third-order valence-corrected chi connectivity index (χ3v) is 9.97. The van der Waals surface area contributed by atoms with Gasteiger partial charge in [-0.1, -0.05) is 115 Å². The largest absolute Gasteiger partial charge is 0.505 e. The van der Waals surface area contributed by atoms with Crippen molar-refractivity contribution in [1.29, 1.82) is 0 Å². The van der Waals surface area contributed by atoms with Gasteiger partial charge < -0.3 is 20.1 Å². The Morgan fingerprint density at radius 1 is 0.580 bits per heavy atom. The molecule has 50 heavy (non-hydrogen) atoms. The second kappa shape index (κ2) is 13.7. The molecule has 1 heterocycles. The first-order valence-corrected chi connectivity index (χ1v) is 17.4. The zero-order valence-electron chi connectivity index (χ0n) is 27.1. The quantitative estimate of drug-likeness (QED) is 0.0814. The predicted octanol–water partition coefficient (Wildman–Crippen LogP) is 11.6. The Bertz CT molecular complexity index is 2450. The van der Waals surface area contributed by atoms with Gasteiger partial charge in [0.05, 0.1) is 28.1 Å². The highest BCUT2D eigenvalue weighted by molar-refractivity contribution is 7.98. The number of fused-ring (bicyclic) bond motifs is 3. The van der Waals surface area contributed by atoms with Crippen LogP contribution in [-0.4, -0.2) is 21.0 Å². The lowest BCUT2D eigenvalue weighted by Crippen LogP contribution is -1.96. The van der Waals surface area contributed by atoms with Crippen molar-refractivity contribution in [1.82, 2.24) is 4.57 Å². The van der Waals surface area contributed by atoms with E-state index in [-0.39, 0.29) is 11.5 Å². The van der Waals surface area contributed by atoms with Crippen LogP contribution in [0.5, 0.6) is 11.5 Å². The van der Waals surface area contributed by atoms with Crippen molar-refractivity contribution in [3.05, 3.63) is 175 Å². The topological polar surface area (TPSA) is 69.8 Å². The average Bonchev–Trinajstić information content (AvgIpc) is 3.50. The fourth-order valence-electron chi connectivity index (χ4n) is 6.41. The van der Waals surface area contributed by atoms with Crippen molar-refractivity contribution < 1.29 is 10.2 Å². The Morgan fingerprint density at radius 3 is 2.02 bits per heavy atom. The van der Waals surface area contributed by atoms with Gasteiger partial charge in [0.2, 0.25) is 0 Å². The number of phenols is 2. The number of hydrogen-bond donors (Lipinski definition) is 3. The van der Waals surface area contributed by atoms with Crippen molar-refractivity contribution in [2.45, 2.75) is 10.6 Å². The van der Waals surface area contributed by atoms with E-state index in [1.54, 1.807) is 18.0 Å². The number of rotatable bonds is 9.